The van der Waals surface area contributed by atoms with Crippen LogP contribution < -0.4 is 19.6 Å². The standard InChI is InChI=1S/C20H24N4O8S/c1-29-18-12-20(31-3)19(30-2)10-14(18)13-21-22-16-5-4-15(11-17(16)24(25)26)33(27,28)23-6-8-32-9-7-23/h4-5,10-13,22H,6-9H2,1-3H3. The summed E-state index contributed by atoms with van der Waals surface area (Å²) < 4.78 is 47.9. The number of morpholine rings is 1. The van der Waals surface area contributed by atoms with Crippen molar-refractivity contribution in [3.63, 3.8) is 0 Å². The summed E-state index contributed by atoms with van der Waals surface area (Å²) in [6.45, 7) is 0.922. The highest BCUT2D eigenvalue weighted by Crippen LogP contribution is 2.34. The Morgan fingerprint density at radius 3 is 2.30 bits per heavy atom. The van der Waals surface area contributed by atoms with Crippen LogP contribution in [0.5, 0.6) is 17.2 Å². The molecule has 0 amide bonds. The van der Waals surface area contributed by atoms with Gasteiger partial charge >= 0.3 is 0 Å². The molecule has 0 spiro atoms. The van der Waals surface area contributed by atoms with Gasteiger partial charge in [-0.15, -0.1) is 0 Å². The number of ether oxygens (including phenoxy) is 4. The van der Waals surface area contributed by atoms with Crippen molar-refractivity contribution < 1.29 is 32.3 Å². The van der Waals surface area contributed by atoms with Crippen molar-refractivity contribution in [1.29, 1.82) is 0 Å². The maximum atomic E-state index is 12.8. The smallest absolute Gasteiger partial charge is 0.295 e. The van der Waals surface area contributed by atoms with Crippen LogP contribution in [0.25, 0.3) is 0 Å². The first-order valence-corrected chi connectivity index (χ1v) is 11.2. The van der Waals surface area contributed by atoms with E-state index in [4.69, 9.17) is 18.9 Å². The molecule has 0 unspecified atom stereocenters. The highest BCUT2D eigenvalue weighted by Gasteiger charge is 2.28. The van der Waals surface area contributed by atoms with E-state index in [1.807, 2.05) is 0 Å². The number of hydrogen-bond donors (Lipinski definition) is 1. The van der Waals surface area contributed by atoms with Crippen molar-refractivity contribution >= 4 is 27.6 Å². The number of methoxy groups -OCH3 is 3. The fourth-order valence-electron chi connectivity index (χ4n) is 3.18. The first-order valence-electron chi connectivity index (χ1n) is 9.77. The fraction of sp³-hybridized carbons (Fsp3) is 0.350. The van der Waals surface area contributed by atoms with Crippen molar-refractivity contribution in [2.75, 3.05) is 53.1 Å². The molecule has 0 atom stereocenters. The minimum Gasteiger partial charge on any atom is -0.496 e. The van der Waals surface area contributed by atoms with E-state index in [2.05, 4.69) is 10.5 Å². The van der Waals surface area contributed by atoms with Gasteiger partial charge in [0.05, 0.1) is 50.6 Å². The second-order valence-corrected chi connectivity index (χ2v) is 8.71. The van der Waals surface area contributed by atoms with E-state index in [9.17, 15) is 18.5 Å². The quantitative estimate of drug-likeness (QED) is 0.324. The van der Waals surface area contributed by atoms with E-state index in [0.717, 1.165) is 6.07 Å². The van der Waals surface area contributed by atoms with Crippen molar-refractivity contribution in [2.45, 2.75) is 4.90 Å². The van der Waals surface area contributed by atoms with Crippen LogP contribution in [0.3, 0.4) is 0 Å². The summed E-state index contributed by atoms with van der Waals surface area (Å²) in [5.74, 6) is 1.36. The highest BCUT2D eigenvalue weighted by atomic mass is 32.2. The lowest BCUT2D eigenvalue weighted by molar-refractivity contribution is -0.384. The Morgan fingerprint density at radius 1 is 1.06 bits per heavy atom. The van der Waals surface area contributed by atoms with E-state index in [0.29, 0.717) is 22.8 Å². The topological polar surface area (TPSA) is 142 Å². The minimum atomic E-state index is -3.88. The van der Waals surface area contributed by atoms with Gasteiger partial charge in [-0.25, -0.2) is 8.42 Å². The van der Waals surface area contributed by atoms with Gasteiger partial charge in [-0.2, -0.15) is 9.41 Å². The molecule has 13 heteroatoms. The van der Waals surface area contributed by atoms with Gasteiger partial charge in [-0.05, 0) is 18.2 Å². The first kappa shape index (κ1) is 24.2. The van der Waals surface area contributed by atoms with Crippen LogP contribution in [-0.2, 0) is 14.8 Å². The van der Waals surface area contributed by atoms with Crippen LogP contribution in [0, 0.1) is 10.1 Å². The van der Waals surface area contributed by atoms with Gasteiger partial charge in [-0.1, -0.05) is 0 Å². The molecule has 0 radical (unpaired) electrons. The third kappa shape index (κ3) is 5.32. The van der Waals surface area contributed by atoms with Crippen LogP contribution in [0.2, 0.25) is 0 Å². The average molecular weight is 480 g/mol. The molecule has 2 aromatic rings. The lowest BCUT2D eigenvalue weighted by atomic mass is 10.2. The van der Waals surface area contributed by atoms with E-state index in [1.165, 1.54) is 44.0 Å². The molecule has 33 heavy (non-hydrogen) atoms. The number of benzene rings is 2. The Kier molecular flexibility index (Phi) is 7.68. The van der Waals surface area contributed by atoms with Crippen LogP contribution in [0.15, 0.2) is 40.3 Å². The largest absolute Gasteiger partial charge is 0.496 e. The number of nitro benzene ring substituents is 1. The Hall–Kier alpha value is -3.42. The molecular weight excluding hydrogens is 456 g/mol. The van der Waals surface area contributed by atoms with Crippen molar-refractivity contribution in [3.05, 3.63) is 46.0 Å². The summed E-state index contributed by atoms with van der Waals surface area (Å²) in [7, 11) is 0.576. The molecule has 0 bridgehead atoms. The maximum Gasteiger partial charge on any atom is 0.295 e. The molecular formula is C20H24N4O8S. The molecule has 1 aliphatic rings. The fourth-order valence-corrected chi connectivity index (χ4v) is 4.61. The molecule has 1 saturated heterocycles. The van der Waals surface area contributed by atoms with Crippen LogP contribution in [0.4, 0.5) is 11.4 Å². The molecule has 1 N–H and O–H groups in total. The van der Waals surface area contributed by atoms with E-state index in [-0.39, 0.29) is 36.9 Å². The van der Waals surface area contributed by atoms with Gasteiger partial charge in [-0.3, -0.25) is 15.5 Å². The third-order valence-electron chi connectivity index (χ3n) is 4.90. The zero-order valence-electron chi connectivity index (χ0n) is 18.3. The number of nitro groups is 1. The summed E-state index contributed by atoms with van der Waals surface area (Å²) in [6.07, 6.45) is 1.39. The van der Waals surface area contributed by atoms with Crippen LogP contribution >= 0.6 is 0 Å². The van der Waals surface area contributed by atoms with E-state index in [1.54, 1.807) is 12.1 Å². The number of anilines is 1. The van der Waals surface area contributed by atoms with Crippen LogP contribution in [0.1, 0.15) is 5.56 Å². The van der Waals surface area contributed by atoms with E-state index >= 15 is 0 Å². The molecule has 0 aromatic heterocycles. The molecule has 0 aliphatic carbocycles. The zero-order chi connectivity index (χ0) is 24.0. The van der Waals surface area contributed by atoms with E-state index < -0.39 is 20.6 Å². The number of hydrogen-bond acceptors (Lipinski definition) is 10. The maximum absolute atomic E-state index is 12.8. The predicted octanol–water partition coefficient (Wildman–Crippen LogP) is 2.09. The zero-order valence-corrected chi connectivity index (χ0v) is 19.1. The normalized spacial score (nSPS) is 14.8. The molecule has 178 valence electrons. The highest BCUT2D eigenvalue weighted by molar-refractivity contribution is 7.89. The molecule has 3 rings (SSSR count). The first-order chi connectivity index (χ1) is 15.8. The monoisotopic (exact) mass is 480 g/mol. The number of nitrogens with one attached hydrogen (secondary N) is 1. The van der Waals surface area contributed by atoms with Gasteiger partial charge in [0.15, 0.2) is 11.5 Å². The predicted molar refractivity (Wildman–Crippen MR) is 120 cm³/mol. The third-order valence-corrected chi connectivity index (χ3v) is 6.79. The summed E-state index contributed by atoms with van der Waals surface area (Å²) in [6, 6.07) is 6.87. The number of nitrogens with zero attached hydrogens (tertiary/aromatic N) is 3. The van der Waals surface area contributed by atoms with Gasteiger partial charge in [0, 0.05) is 30.8 Å². The Bertz CT molecular complexity index is 1150. The minimum absolute atomic E-state index is 0.0246. The SMILES string of the molecule is COc1cc(OC)c(OC)cc1C=NNc1ccc(S(=O)(=O)N2CCOCC2)cc1[N+](=O)[O-]. The number of hydrazone groups is 1. The van der Waals surface area contributed by atoms with Gasteiger partial charge in [0.1, 0.15) is 11.4 Å². The van der Waals surface area contributed by atoms with Crippen molar-refractivity contribution in [3.8, 4) is 17.2 Å². The molecule has 2 aromatic carbocycles. The molecule has 12 nitrogen and oxygen atoms in total. The number of rotatable bonds is 9. The molecule has 0 saturated carbocycles. The van der Waals surface area contributed by atoms with Crippen molar-refractivity contribution in [2.24, 2.45) is 5.10 Å². The van der Waals surface area contributed by atoms with Gasteiger partial charge < -0.3 is 18.9 Å². The summed E-state index contributed by atoms with van der Waals surface area (Å²) in [5.41, 5.74) is 2.71. The summed E-state index contributed by atoms with van der Waals surface area (Å²) in [5, 5.41) is 15.6. The Balaban J connectivity index is 1.87. The lowest BCUT2D eigenvalue weighted by Crippen LogP contribution is -2.40. The second kappa shape index (κ2) is 10.5. The molecule has 1 aliphatic heterocycles. The van der Waals surface area contributed by atoms with Crippen LogP contribution in [-0.4, -0.2) is 71.5 Å². The Labute approximate surface area is 190 Å². The number of sulfonamides is 1. The van der Waals surface area contributed by atoms with Crippen molar-refractivity contribution in [1.82, 2.24) is 4.31 Å². The summed E-state index contributed by atoms with van der Waals surface area (Å²) in [4.78, 5) is 10.8. The molecule has 1 fully saturated rings. The second-order valence-electron chi connectivity index (χ2n) is 6.77. The van der Waals surface area contributed by atoms with Gasteiger partial charge in [0.2, 0.25) is 10.0 Å². The van der Waals surface area contributed by atoms with Gasteiger partial charge in [0.25, 0.3) is 5.69 Å². The molecule has 1 heterocycles. The Morgan fingerprint density at radius 2 is 1.70 bits per heavy atom. The lowest BCUT2D eigenvalue weighted by Gasteiger charge is -2.26. The summed E-state index contributed by atoms with van der Waals surface area (Å²) >= 11 is 0. The average Bonchev–Trinajstić information content (AvgIpc) is 2.84.